The van der Waals surface area contributed by atoms with Crippen molar-refractivity contribution >= 4 is 5.91 Å². The van der Waals surface area contributed by atoms with Gasteiger partial charge in [-0.2, -0.15) is 0 Å². The summed E-state index contributed by atoms with van der Waals surface area (Å²) >= 11 is 0. The highest BCUT2D eigenvalue weighted by Crippen LogP contribution is 2.09. The van der Waals surface area contributed by atoms with E-state index in [4.69, 9.17) is 10.8 Å². The largest absolute Gasteiger partial charge is 0.395 e. The first-order valence-corrected chi connectivity index (χ1v) is 4.82. The van der Waals surface area contributed by atoms with Crippen molar-refractivity contribution in [2.75, 3.05) is 20.2 Å². The fraction of sp³-hybridized carbons (Fsp3) is 0.364. The van der Waals surface area contributed by atoms with Crippen LogP contribution in [0.1, 0.15) is 15.9 Å². The van der Waals surface area contributed by atoms with Crippen molar-refractivity contribution in [3.8, 4) is 0 Å². The maximum Gasteiger partial charge on any atom is 0.249 e. The molecule has 0 aliphatic rings. The average molecular weight is 208 g/mol. The third kappa shape index (κ3) is 3.34. The molecule has 1 rings (SSSR count). The molecule has 1 aromatic rings. The van der Waals surface area contributed by atoms with Gasteiger partial charge in [0.25, 0.3) is 0 Å². The predicted octanol–water partition coefficient (Wildman–Crippen LogP) is 0.210. The first kappa shape index (κ1) is 11.7. The summed E-state index contributed by atoms with van der Waals surface area (Å²) in [6, 6.07) is 7.24. The topological polar surface area (TPSA) is 66.6 Å². The molecule has 82 valence electrons. The van der Waals surface area contributed by atoms with Gasteiger partial charge in [0.2, 0.25) is 5.91 Å². The molecule has 0 heterocycles. The lowest BCUT2D eigenvalue weighted by molar-refractivity contribution is 0.0998. The van der Waals surface area contributed by atoms with Gasteiger partial charge in [-0.1, -0.05) is 18.2 Å². The third-order valence-electron chi connectivity index (χ3n) is 2.20. The first-order chi connectivity index (χ1) is 7.15. The maximum absolute atomic E-state index is 11.1. The molecule has 1 amide bonds. The molecule has 0 saturated heterocycles. The van der Waals surface area contributed by atoms with Crippen LogP contribution in [0.25, 0.3) is 0 Å². The predicted molar refractivity (Wildman–Crippen MR) is 58.4 cm³/mol. The summed E-state index contributed by atoms with van der Waals surface area (Å²) < 4.78 is 0. The van der Waals surface area contributed by atoms with Crippen LogP contribution in [0.5, 0.6) is 0 Å². The number of likely N-dealkylation sites (N-methyl/N-ethyl adjacent to an activating group) is 1. The second-order valence-electron chi connectivity index (χ2n) is 3.48. The molecule has 0 saturated carbocycles. The number of carbonyl (C=O) groups is 1. The van der Waals surface area contributed by atoms with E-state index in [0.29, 0.717) is 18.7 Å². The summed E-state index contributed by atoms with van der Waals surface area (Å²) in [5, 5.41) is 8.76. The summed E-state index contributed by atoms with van der Waals surface area (Å²) in [4.78, 5) is 13.0. The number of benzene rings is 1. The number of hydrogen-bond acceptors (Lipinski definition) is 3. The van der Waals surface area contributed by atoms with Crippen molar-refractivity contribution in [2.45, 2.75) is 6.54 Å². The lowest BCUT2D eigenvalue weighted by atomic mass is 10.1. The van der Waals surface area contributed by atoms with Crippen molar-refractivity contribution in [1.29, 1.82) is 0 Å². The Morgan fingerprint density at radius 2 is 2.13 bits per heavy atom. The normalized spacial score (nSPS) is 10.6. The van der Waals surface area contributed by atoms with Gasteiger partial charge >= 0.3 is 0 Å². The monoisotopic (exact) mass is 208 g/mol. The number of nitrogens with two attached hydrogens (primary N) is 1. The minimum atomic E-state index is -0.414. The van der Waals surface area contributed by atoms with E-state index in [-0.39, 0.29) is 6.61 Å². The van der Waals surface area contributed by atoms with Crippen molar-refractivity contribution in [3.05, 3.63) is 35.4 Å². The summed E-state index contributed by atoms with van der Waals surface area (Å²) in [5.41, 5.74) is 6.69. The van der Waals surface area contributed by atoms with Gasteiger partial charge in [0.1, 0.15) is 0 Å². The van der Waals surface area contributed by atoms with E-state index in [1.807, 2.05) is 24.1 Å². The Bertz CT molecular complexity index is 339. The van der Waals surface area contributed by atoms with E-state index in [9.17, 15) is 4.79 Å². The molecule has 0 aliphatic heterocycles. The smallest absolute Gasteiger partial charge is 0.249 e. The molecule has 15 heavy (non-hydrogen) atoms. The van der Waals surface area contributed by atoms with Gasteiger partial charge in [0.05, 0.1) is 6.61 Å². The van der Waals surface area contributed by atoms with E-state index in [0.717, 1.165) is 5.56 Å². The van der Waals surface area contributed by atoms with E-state index in [2.05, 4.69) is 0 Å². The van der Waals surface area contributed by atoms with Crippen LogP contribution in [0.15, 0.2) is 24.3 Å². The molecule has 3 N–H and O–H groups in total. The quantitative estimate of drug-likeness (QED) is 0.727. The number of hydrogen-bond donors (Lipinski definition) is 2. The summed E-state index contributed by atoms with van der Waals surface area (Å²) in [6.45, 7) is 1.29. The van der Waals surface area contributed by atoms with E-state index >= 15 is 0 Å². The zero-order valence-corrected chi connectivity index (χ0v) is 8.81. The highest BCUT2D eigenvalue weighted by Gasteiger charge is 2.08. The fourth-order valence-corrected chi connectivity index (χ4v) is 1.44. The van der Waals surface area contributed by atoms with Crippen LogP contribution in [0, 0.1) is 0 Å². The van der Waals surface area contributed by atoms with E-state index < -0.39 is 5.91 Å². The van der Waals surface area contributed by atoms with Gasteiger partial charge in [-0.25, -0.2) is 0 Å². The Balaban J connectivity index is 2.79. The van der Waals surface area contributed by atoms with Crippen LogP contribution in [0.3, 0.4) is 0 Å². The van der Waals surface area contributed by atoms with Crippen molar-refractivity contribution < 1.29 is 9.90 Å². The van der Waals surface area contributed by atoms with Crippen LogP contribution >= 0.6 is 0 Å². The molecule has 4 heteroatoms. The average Bonchev–Trinajstić information content (AvgIpc) is 2.18. The molecule has 0 radical (unpaired) electrons. The molecule has 1 aromatic carbocycles. The molecular formula is C11H16N2O2. The fourth-order valence-electron chi connectivity index (χ4n) is 1.44. The SMILES string of the molecule is CN(CCO)Cc1ccccc1C(N)=O. The van der Waals surface area contributed by atoms with Crippen molar-refractivity contribution in [3.63, 3.8) is 0 Å². The lowest BCUT2D eigenvalue weighted by Gasteiger charge is -2.16. The van der Waals surface area contributed by atoms with Crippen LogP contribution in [-0.2, 0) is 6.54 Å². The van der Waals surface area contributed by atoms with Gasteiger partial charge in [0.15, 0.2) is 0 Å². The molecule has 0 fully saturated rings. The number of aliphatic hydroxyl groups excluding tert-OH is 1. The third-order valence-corrected chi connectivity index (χ3v) is 2.20. The molecule has 0 aliphatic carbocycles. The Morgan fingerprint density at radius 3 is 2.73 bits per heavy atom. The maximum atomic E-state index is 11.1. The van der Waals surface area contributed by atoms with Crippen LogP contribution < -0.4 is 5.73 Å². The Labute approximate surface area is 89.3 Å². The number of aliphatic hydroxyl groups is 1. The molecule has 0 atom stereocenters. The van der Waals surface area contributed by atoms with Crippen molar-refractivity contribution in [2.24, 2.45) is 5.73 Å². The second kappa shape index (κ2) is 5.48. The van der Waals surface area contributed by atoms with Gasteiger partial charge in [-0.15, -0.1) is 0 Å². The number of rotatable bonds is 5. The molecule has 0 unspecified atom stereocenters. The lowest BCUT2D eigenvalue weighted by Crippen LogP contribution is -2.23. The number of carbonyl (C=O) groups excluding carboxylic acids is 1. The molecule has 0 aromatic heterocycles. The number of amides is 1. The zero-order chi connectivity index (χ0) is 11.3. The van der Waals surface area contributed by atoms with Crippen LogP contribution in [0.4, 0.5) is 0 Å². The van der Waals surface area contributed by atoms with Gasteiger partial charge in [-0.3, -0.25) is 9.69 Å². The molecule has 4 nitrogen and oxygen atoms in total. The van der Waals surface area contributed by atoms with Crippen molar-refractivity contribution in [1.82, 2.24) is 4.90 Å². The minimum Gasteiger partial charge on any atom is -0.395 e. The Morgan fingerprint density at radius 1 is 1.47 bits per heavy atom. The minimum absolute atomic E-state index is 0.106. The summed E-state index contributed by atoms with van der Waals surface area (Å²) in [5.74, 6) is -0.414. The number of primary amides is 1. The van der Waals surface area contributed by atoms with Gasteiger partial charge < -0.3 is 10.8 Å². The standard InChI is InChI=1S/C11H16N2O2/c1-13(6-7-14)8-9-4-2-3-5-10(9)11(12)15/h2-5,14H,6-8H2,1H3,(H2,12,15). The van der Waals surface area contributed by atoms with Crippen LogP contribution in [0.2, 0.25) is 0 Å². The summed E-state index contributed by atoms with van der Waals surface area (Å²) in [7, 11) is 1.88. The Kier molecular flexibility index (Phi) is 4.27. The molecule has 0 spiro atoms. The van der Waals surface area contributed by atoms with E-state index in [1.54, 1.807) is 12.1 Å². The van der Waals surface area contributed by atoms with Crippen LogP contribution in [-0.4, -0.2) is 36.1 Å². The van der Waals surface area contributed by atoms with Gasteiger partial charge in [-0.05, 0) is 18.7 Å². The van der Waals surface area contributed by atoms with Gasteiger partial charge in [0, 0.05) is 18.7 Å². The zero-order valence-electron chi connectivity index (χ0n) is 8.81. The van der Waals surface area contributed by atoms with E-state index in [1.165, 1.54) is 0 Å². The molecule has 0 bridgehead atoms. The highest BCUT2D eigenvalue weighted by molar-refractivity contribution is 5.94. The first-order valence-electron chi connectivity index (χ1n) is 4.82. The molecular weight excluding hydrogens is 192 g/mol. The highest BCUT2D eigenvalue weighted by atomic mass is 16.3. The Hall–Kier alpha value is -1.39. The summed E-state index contributed by atoms with van der Waals surface area (Å²) in [6.07, 6.45) is 0. The number of nitrogens with zero attached hydrogens (tertiary/aromatic N) is 1. The second-order valence-corrected chi connectivity index (χ2v) is 3.48.